The summed E-state index contributed by atoms with van der Waals surface area (Å²) in [7, 11) is 0. The molecule has 0 aliphatic carbocycles. The van der Waals surface area contributed by atoms with Crippen LogP contribution in [-0.4, -0.2) is 17.9 Å². The van der Waals surface area contributed by atoms with Crippen LogP contribution in [0.4, 0.5) is 18.9 Å². The van der Waals surface area contributed by atoms with Crippen LogP contribution in [0.3, 0.4) is 0 Å². The van der Waals surface area contributed by atoms with Gasteiger partial charge >= 0.3 is 12.1 Å². The number of nitroso groups, excluding NO2 is 1. The number of carbonyl (C=O) groups excluding carboxylic acids is 1. The quantitative estimate of drug-likeness (QED) is 0.320. The third-order valence-corrected chi connectivity index (χ3v) is 3.96. The molecule has 0 fully saturated rings. The molecule has 0 heterocycles. The maximum atomic E-state index is 12.0. The van der Waals surface area contributed by atoms with Crippen LogP contribution in [0.5, 0.6) is 0 Å². The van der Waals surface area contributed by atoms with E-state index in [2.05, 4.69) is 15.2 Å². The summed E-state index contributed by atoms with van der Waals surface area (Å²) in [5.41, 5.74) is 0.982. The first kappa shape index (κ1) is 18.7. The van der Waals surface area contributed by atoms with Crippen molar-refractivity contribution in [3.05, 3.63) is 59.0 Å². The average molecular weight is 368 g/mol. The minimum Gasteiger partial charge on any atom is -0.309 e. The SMILES string of the molecule is C/C(=N/OC(=O)C(F)(F)F)c1ccc(Sc2ccc(N=O)cc2)cc1. The summed E-state index contributed by atoms with van der Waals surface area (Å²) in [6.45, 7) is 1.43. The van der Waals surface area contributed by atoms with Gasteiger partial charge in [0.15, 0.2) is 0 Å². The molecule has 2 aromatic carbocycles. The number of benzene rings is 2. The Hall–Kier alpha value is -2.68. The van der Waals surface area contributed by atoms with Crippen molar-refractivity contribution in [1.82, 2.24) is 0 Å². The summed E-state index contributed by atoms with van der Waals surface area (Å²) in [6, 6.07) is 13.5. The Morgan fingerprint density at radius 3 is 2.00 bits per heavy atom. The third kappa shape index (κ3) is 5.42. The highest BCUT2D eigenvalue weighted by molar-refractivity contribution is 7.99. The van der Waals surface area contributed by atoms with Gasteiger partial charge in [-0.3, -0.25) is 0 Å². The smallest absolute Gasteiger partial charge is 0.309 e. The molecular weight excluding hydrogens is 357 g/mol. The molecule has 25 heavy (non-hydrogen) atoms. The van der Waals surface area contributed by atoms with E-state index < -0.39 is 12.1 Å². The lowest BCUT2D eigenvalue weighted by atomic mass is 10.1. The first-order chi connectivity index (χ1) is 11.8. The molecule has 0 atom stereocenters. The summed E-state index contributed by atoms with van der Waals surface area (Å²) in [6.07, 6.45) is -5.08. The normalized spacial score (nSPS) is 11.9. The maximum absolute atomic E-state index is 12.0. The number of hydrogen-bond acceptors (Lipinski definition) is 6. The number of rotatable bonds is 5. The van der Waals surface area contributed by atoms with Gasteiger partial charge in [-0.25, -0.2) is 4.79 Å². The number of alkyl halides is 3. The number of halogens is 3. The highest BCUT2D eigenvalue weighted by atomic mass is 32.2. The van der Waals surface area contributed by atoms with Gasteiger partial charge in [-0.1, -0.05) is 29.1 Å². The van der Waals surface area contributed by atoms with Crippen molar-refractivity contribution >= 4 is 29.1 Å². The molecular formula is C16H11F3N2O3S. The predicted octanol–water partition coefficient (Wildman–Crippen LogP) is 5.07. The summed E-state index contributed by atoms with van der Waals surface area (Å²) in [4.78, 5) is 26.6. The zero-order valence-corrected chi connectivity index (χ0v) is 13.6. The summed E-state index contributed by atoms with van der Waals surface area (Å²) < 4.78 is 36.1. The zero-order valence-electron chi connectivity index (χ0n) is 12.8. The van der Waals surface area contributed by atoms with E-state index in [1.165, 1.54) is 18.7 Å². The average Bonchev–Trinajstić information content (AvgIpc) is 2.60. The van der Waals surface area contributed by atoms with Gasteiger partial charge in [0.2, 0.25) is 0 Å². The zero-order chi connectivity index (χ0) is 18.4. The van der Waals surface area contributed by atoms with Crippen molar-refractivity contribution in [2.45, 2.75) is 22.9 Å². The second-order valence-corrected chi connectivity index (χ2v) is 5.91. The highest BCUT2D eigenvalue weighted by Crippen LogP contribution is 2.29. The van der Waals surface area contributed by atoms with E-state index >= 15 is 0 Å². The van der Waals surface area contributed by atoms with Gasteiger partial charge in [0, 0.05) is 9.79 Å². The van der Waals surface area contributed by atoms with Crippen LogP contribution < -0.4 is 0 Å². The number of nitrogens with zero attached hydrogens (tertiary/aromatic N) is 2. The fraction of sp³-hybridized carbons (Fsp3) is 0.125. The molecule has 0 bridgehead atoms. The standard InChI is InChI=1S/C16H11F3N2O3S/c1-10(21-24-15(22)16(17,18)19)11-2-6-13(7-3-11)25-14-8-4-12(20-23)5-9-14/h2-9H,1H3/b21-10-. The Morgan fingerprint density at radius 1 is 1.00 bits per heavy atom. The Labute approximate surface area is 144 Å². The van der Waals surface area contributed by atoms with E-state index in [1.54, 1.807) is 48.5 Å². The van der Waals surface area contributed by atoms with Crippen LogP contribution >= 0.6 is 11.8 Å². The van der Waals surface area contributed by atoms with Crippen LogP contribution in [0.1, 0.15) is 12.5 Å². The minimum absolute atomic E-state index is 0.135. The predicted molar refractivity (Wildman–Crippen MR) is 86.8 cm³/mol. The lowest BCUT2D eigenvalue weighted by Gasteiger charge is -2.05. The number of oxime groups is 1. The second-order valence-electron chi connectivity index (χ2n) is 4.76. The molecule has 2 aromatic rings. The molecule has 0 radical (unpaired) electrons. The Bertz CT molecular complexity index is 788. The van der Waals surface area contributed by atoms with Gasteiger partial charge in [-0.15, -0.1) is 4.91 Å². The molecule has 0 amide bonds. The molecule has 0 saturated heterocycles. The van der Waals surface area contributed by atoms with Gasteiger partial charge in [0.25, 0.3) is 0 Å². The van der Waals surface area contributed by atoms with E-state index in [4.69, 9.17) is 0 Å². The minimum atomic E-state index is -5.08. The molecule has 0 unspecified atom stereocenters. The van der Waals surface area contributed by atoms with Crippen molar-refractivity contribution in [2.75, 3.05) is 0 Å². The largest absolute Gasteiger partial charge is 0.493 e. The monoisotopic (exact) mass is 368 g/mol. The number of hydrogen-bond donors (Lipinski definition) is 0. The van der Waals surface area contributed by atoms with Crippen LogP contribution in [0.2, 0.25) is 0 Å². The van der Waals surface area contributed by atoms with Gasteiger partial charge in [-0.2, -0.15) is 13.2 Å². The molecule has 0 aliphatic rings. The van der Waals surface area contributed by atoms with Crippen LogP contribution in [0.15, 0.2) is 68.7 Å². The summed E-state index contributed by atoms with van der Waals surface area (Å²) >= 11 is 1.43. The topological polar surface area (TPSA) is 68.1 Å². The molecule has 0 aliphatic heterocycles. The van der Waals surface area contributed by atoms with E-state index in [0.717, 1.165) is 9.79 Å². The number of carbonyl (C=O) groups is 1. The first-order valence-corrected chi connectivity index (χ1v) is 7.66. The fourth-order valence-corrected chi connectivity index (χ4v) is 2.51. The molecule has 0 N–H and O–H groups in total. The molecule has 9 heteroatoms. The third-order valence-electron chi connectivity index (χ3n) is 2.95. The lowest BCUT2D eigenvalue weighted by Crippen LogP contribution is -2.24. The Morgan fingerprint density at radius 2 is 1.52 bits per heavy atom. The van der Waals surface area contributed by atoms with Crippen LogP contribution in [0.25, 0.3) is 0 Å². The molecule has 0 spiro atoms. The molecule has 5 nitrogen and oxygen atoms in total. The summed E-state index contributed by atoms with van der Waals surface area (Å²) in [5.74, 6) is -2.37. The molecule has 130 valence electrons. The van der Waals surface area contributed by atoms with Gasteiger partial charge in [0.1, 0.15) is 5.69 Å². The van der Waals surface area contributed by atoms with E-state index in [0.29, 0.717) is 11.3 Å². The van der Waals surface area contributed by atoms with Crippen molar-refractivity contribution in [1.29, 1.82) is 0 Å². The van der Waals surface area contributed by atoms with Crippen LogP contribution in [-0.2, 0) is 9.63 Å². The fourth-order valence-electron chi connectivity index (χ4n) is 1.69. The van der Waals surface area contributed by atoms with Gasteiger partial charge < -0.3 is 4.84 Å². The molecule has 2 rings (SSSR count). The van der Waals surface area contributed by atoms with Gasteiger partial charge in [0.05, 0.1) is 5.71 Å². The van der Waals surface area contributed by atoms with Crippen molar-refractivity contribution in [3.63, 3.8) is 0 Å². The second kappa shape index (κ2) is 7.93. The van der Waals surface area contributed by atoms with Crippen molar-refractivity contribution < 1.29 is 22.8 Å². The lowest BCUT2D eigenvalue weighted by molar-refractivity contribution is -0.199. The molecule has 0 aromatic heterocycles. The Kier molecular flexibility index (Phi) is 5.92. The Balaban J connectivity index is 2.03. The maximum Gasteiger partial charge on any atom is 0.493 e. The van der Waals surface area contributed by atoms with Gasteiger partial charge in [-0.05, 0) is 54.1 Å². The van der Waals surface area contributed by atoms with E-state index in [-0.39, 0.29) is 5.71 Å². The van der Waals surface area contributed by atoms with Crippen LogP contribution in [0, 0.1) is 4.91 Å². The van der Waals surface area contributed by atoms with E-state index in [9.17, 15) is 22.9 Å². The van der Waals surface area contributed by atoms with E-state index in [1.807, 2.05) is 0 Å². The summed E-state index contributed by atoms with van der Waals surface area (Å²) in [5, 5.41) is 6.01. The highest BCUT2D eigenvalue weighted by Gasteiger charge is 2.41. The van der Waals surface area contributed by atoms with Crippen molar-refractivity contribution in [2.24, 2.45) is 10.3 Å². The molecule has 0 saturated carbocycles. The van der Waals surface area contributed by atoms with Crippen molar-refractivity contribution in [3.8, 4) is 0 Å². The first-order valence-electron chi connectivity index (χ1n) is 6.84.